The van der Waals surface area contributed by atoms with E-state index in [2.05, 4.69) is 4.90 Å². The van der Waals surface area contributed by atoms with Crippen LogP contribution < -0.4 is 15.2 Å². The van der Waals surface area contributed by atoms with Crippen LogP contribution in [0.25, 0.3) is 0 Å². The molecule has 0 amide bonds. The van der Waals surface area contributed by atoms with Gasteiger partial charge in [0.2, 0.25) is 0 Å². The summed E-state index contributed by atoms with van der Waals surface area (Å²) in [5.74, 6) is 1.60. The summed E-state index contributed by atoms with van der Waals surface area (Å²) in [4.78, 5) is 2.59. The molecule has 0 saturated carbocycles. The highest BCUT2D eigenvalue weighted by Gasteiger charge is 2.13. The number of hydrogen-bond acceptors (Lipinski definition) is 4. The maximum atomic E-state index is 5.99. The summed E-state index contributed by atoms with van der Waals surface area (Å²) in [6.45, 7) is 6.29. The molecule has 1 aromatic carbocycles. The highest BCUT2D eigenvalue weighted by Crippen LogP contribution is 2.34. The molecule has 0 unspecified atom stereocenters. The molecule has 1 fully saturated rings. The van der Waals surface area contributed by atoms with Crippen LogP contribution in [-0.2, 0) is 6.42 Å². The van der Waals surface area contributed by atoms with Crippen molar-refractivity contribution in [1.29, 1.82) is 0 Å². The van der Waals surface area contributed by atoms with Gasteiger partial charge in [0.05, 0.1) is 13.7 Å². The van der Waals surface area contributed by atoms with Gasteiger partial charge in [-0.3, -0.25) is 0 Å². The Balaban J connectivity index is 1.97. The monoisotopic (exact) mass is 306 g/mol. The maximum Gasteiger partial charge on any atom is 0.164 e. The molecule has 0 atom stereocenters. The first-order valence-electron chi connectivity index (χ1n) is 8.56. The van der Waals surface area contributed by atoms with Gasteiger partial charge in [-0.05, 0) is 58.3 Å². The third-order valence-electron chi connectivity index (χ3n) is 4.28. The smallest absolute Gasteiger partial charge is 0.164 e. The van der Waals surface area contributed by atoms with E-state index in [1.165, 1.54) is 38.8 Å². The van der Waals surface area contributed by atoms with Crippen molar-refractivity contribution in [2.75, 3.05) is 39.1 Å². The molecule has 22 heavy (non-hydrogen) atoms. The van der Waals surface area contributed by atoms with E-state index in [1.54, 1.807) is 7.11 Å². The normalized spacial score (nSPS) is 16.3. The van der Waals surface area contributed by atoms with Crippen molar-refractivity contribution in [2.24, 2.45) is 0 Å². The molecule has 1 heterocycles. The second-order valence-electron chi connectivity index (χ2n) is 6.00. The third-order valence-corrected chi connectivity index (χ3v) is 4.28. The number of ether oxygens (including phenoxy) is 2. The molecule has 0 bridgehead atoms. The predicted octanol–water partition coefficient (Wildman–Crippen LogP) is 3.48. The number of anilines is 1. The molecule has 1 aromatic rings. The average molecular weight is 306 g/mol. The molecule has 2 N–H and O–H groups in total. The Morgan fingerprint density at radius 1 is 1.14 bits per heavy atom. The lowest BCUT2D eigenvalue weighted by atomic mass is 10.1. The van der Waals surface area contributed by atoms with Crippen molar-refractivity contribution in [3.8, 4) is 11.5 Å². The van der Waals surface area contributed by atoms with Gasteiger partial charge in [0.15, 0.2) is 11.5 Å². The van der Waals surface area contributed by atoms with Gasteiger partial charge in [0.1, 0.15) is 0 Å². The Morgan fingerprint density at radius 3 is 2.50 bits per heavy atom. The number of hydrogen-bond donors (Lipinski definition) is 1. The largest absolute Gasteiger partial charge is 0.493 e. The lowest BCUT2D eigenvalue weighted by Crippen LogP contribution is -2.26. The number of nitrogen functional groups attached to an aromatic ring is 1. The van der Waals surface area contributed by atoms with Crippen LogP contribution in [0.2, 0.25) is 0 Å². The molecule has 1 aliphatic rings. The zero-order chi connectivity index (χ0) is 15.8. The minimum absolute atomic E-state index is 0.638. The Hall–Kier alpha value is -1.42. The van der Waals surface area contributed by atoms with E-state index >= 15 is 0 Å². The van der Waals surface area contributed by atoms with E-state index < -0.39 is 0 Å². The fourth-order valence-corrected chi connectivity index (χ4v) is 3.18. The zero-order valence-corrected chi connectivity index (χ0v) is 14.1. The number of rotatable bonds is 7. The van der Waals surface area contributed by atoms with E-state index in [9.17, 15) is 0 Å². The van der Waals surface area contributed by atoms with Gasteiger partial charge < -0.3 is 20.1 Å². The SMILES string of the molecule is CCOc1c(CCCN2CCCCCC2)cc(N)cc1OC. The molecule has 0 radical (unpaired) electrons. The fourth-order valence-electron chi connectivity index (χ4n) is 3.18. The van der Waals surface area contributed by atoms with Crippen LogP contribution in [0.15, 0.2) is 12.1 Å². The van der Waals surface area contributed by atoms with Gasteiger partial charge in [-0.15, -0.1) is 0 Å². The lowest BCUT2D eigenvalue weighted by molar-refractivity contribution is 0.279. The molecule has 124 valence electrons. The van der Waals surface area contributed by atoms with Crippen molar-refractivity contribution < 1.29 is 9.47 Å². The van der Waals surface area contributed by atoms with Crippen LogP contribution in [0.5, 0.6) is 11.5 Å². The van der Waals surface area contributed by atoms with E-state index in [-0.39, 0.29) is 0 Å². The average Bonchev–Trinajstić information content (AvgIpc) is 2.78. The van der Waals surface area contributed by atoms with Crippen LogP contribution in [0.4, 0.5) is 5.69 Å². The van der Waals surface area contributed by atoms with Gasteiger partial charge >= 0.3 is 0 Å². The van der Waals surface area contributed by atoms with Crippen molar-refractivity contribution in [3.63, 3.8) is 0 Å². The number of aryl methyl sites for hydroxylation is 1. The summed E-state index contributed by atoms with van der Waals surface area (Å²) in [7, 11) is 1.66. The first-order chi connectivity index (χ1) is 10.7. The molecule has 1 saturated heterocycles. The lowest BCUT2D eigenvalue weighted by Gasteiger charge is -2.20. The zero-order valence-electron chi connectivity index (χ0n) is 14.1. The summed E-state index contributed by atoms with van der Waals surface area (Å²) in [5, 5.41) is 0. The number of methoxy groups -OCH3 is 1. The molecule has 4 heteroatoms. The van der Waals surface area contributed by atoms with E-state index in [1.807, 2.05) is 19.1 Å². The summed E-state index contributed by atoms with van der Waals surface area (Å²) in [5.41, 5.74) is 7.89. The van der Waals surface area contributed by atoms with Gasteiger partial charge in [0, 0.05) is 17.3 Å². The fraction of sp³-hybridized carbons (Fsp3) is 0.667. The Labute approximate surface area is 134 Å². The van der Waals surface area contributed by atoms with E-state index in [4.69, 9.17) is 15.2 Å². The standard InChI is InChI=1S/C18H30N2O2/c1-3-22-18-15(13-16(19)14-17(18)21-2)9-8-12-20-10-6-4-5-7-11-20/h13-14H,3-12,19H2,1-2H3. The van der Waals surface area contributed by atoms with Gasteiger partial charge in [-0.1, -0.05) is 12.8 Å². The van der Waals surface area contributed by atoms with Crippen LogP contribution >= 0.6 is 0 Å². The highest BCUT2D eigenvalue weighted by atomic mass is 16.5. The van der Waals surface area contributed by atoms with Crippen molar-refractivity contribution in [3.05, 3.63) is 17.7 Å². The number of benzene rings is 1. The van der Waals surface area contributed by atoms with E-state index in [0.29, 0.717) is 6.61 Å². The van der Waals surface area contributed by atoms with E-state index in [0.717, 1.165) is 42.1 Å². The summed E-state index contributed by atoms with van der Waals surface area (Å²) >= 11 is 0. The first-order valence-corrected chi connectivity index (χ1v) is 8.56. The summed E-state index contributed by atoms with van der Waals surface area (Å²) in [6.07, 6.45) is 7.57. The number of nitrogens with two attached hydrogens (primary N) is 1. The molecular weight excluding hydrogens is 276 g/mol. The van der Waals surface area contributed by atoms with Crippen LogP contribution in [0.1, 0.15) is 44.6 Å². The second-order valence-corrected chi connectivity index (χ2v) is 6.00. The van der Waals surface area contributed by atoms with Crippen LogP contribution in [-0.4, -0.2) is 38.3 Å². The molecule has 0 spiro atoms. The Morgan fingerprint density at radius 2 is 1.86 bits per heavy atom. The summed E-state index contributed by atoms with van der Waals surface area (Å²) < 4.78 is 11.2. The maximum absolute atomic E-state index is 5.99. The van der Waals surface area contributed by atoms with Gasteiger partial charge in [0.25, 0.3) is 0 Å². The molecule has 2 rings (SSSR count). The minimum atomic E-state index is 0.638. The molecular formula is C18H30N2O2. The molecule has 1 aliphatic heterocycles. The van der Waals surface area contributed by atoms with Gasteiger partial charge in [-0.25, -0.2) is 0 Å². The highest BCUT2D eigenvalue weighted by molar-refractivity contribution is 5.57. The van der Waals surface area contributed by atoms with Crippen molar-refractivity contribution >= 4 is 5.69 Å². The summed E-state index contributed by atoms with van der Waals surface area (Å²) in [6, 6.07) is 3.86. The Bertz CT molecular complexity index is 455. The topological polar surface area (TPSA) is 47.7 Å². The van der Waals surface area contributed by atoms with Crippen molar-refractivity contribution in [1.82, 2.24) is 4.90 Å². The molecule has 0 aromatic heterocycles. The van der Waals surface area contributed by atoms with Crippen LogP contribution in [0.3, 0.4) is 0 Å². The molecule has 0 aliphatic carbocycles. The quantitative estimate of drug-likeness (QED) is 0.783. The molecule has 4 nitrogen and oxygen atoms in total. The predicted molar refractivity (Wildman–Crippen MR) is 91.8 cm³/mol. The Kier molecular flexibility index (Phi) is 6.84. The number of nitrogens with zero attached hydrogens (tertiary/aromatic N) is 1. The minimum Gasteiger partial charge on any atom is -0.493 e. The first kappa shape index (κ1) is 16.9. The number of likely N-dealkylation sites (tertiary alicyclic amines) is 1. The second kappa shape index (κ2) is 8.89. The van der Waals surface area contributed by atoms with Gasteiger partial charge in [-0.2, -0.15) is 0 Å². The van der Waals surface area contributed by atoms with Crippen LogP contribution in [0, 0.1) is 0 Å². The van der Waals surface area contributed by atoms with Crippen molar-refractivity contribution in [2.45, 2.75) is 45.4 Å². The third kappa shape index (κ3) is 4.80.